The molecule has 0 fully saturated rings. The van der Waals surface area contributed by atoms with Crippen molar-refractivity contribution in [1.82, 2.24) is 5.43 Å². The number of aryl methyl sites for hydroxylation is 1. The van der Waals surface area contributed by atoms with Crippen LogP contribution in [0.25, 0.3) is 0 Å². The number of hydrogen-bond acceptors (Lipinski definition) is 3. The SMILES string of the molecule is NNC(CCc1ccccc1)COCC(F)(F)F. The first kappa shape index (κ1) is 14.9. The molecule has 1 aromatic carbocycles. The lowest BCUT2D eigenvalue weighted by molar-refractivity contribution is -0.175. The Morgan fingerprint density at radius 1 is 1.22 bits per heavy atom. The number of ether oxygens (including phenoxy) is 1. The quantitative estimate of drug-likeness (QED) is 0.584. The Kier molecular flexibility index (Phi) is 6.11. The molecular formula is C12H17F3N2O. The molecule has 1 unspecified atom stereocenters. The Morgan fingerprint density at radius 3 is 2.44 bits per heavy atom. The highest BCUT2D eigenvalue weighted by atomic mass is 19.4. The molecule has 102 valence electrons. The minimum absolute atomic E-state index is 0.0527. The lowest BCUT2D eigenvalue weighted by Gasteiger charge is -2.16. The molecular weight excluding hydrogens is 245 g/mol. The summed E-state index contributed by atoms with van der Waals surface area (Å²) in [6.07, 6.45) is -2.93. The Bertz CT molecular complexity index is 330. The molecule has 1 atom stereocenters. The Balaban J connectivity index is 2.25. The molecule has 1 rings (SSSR count). The number of nitrogens with one attached hydrogen (secondary N) is 1. The van der Waals surface area contributed by atoms with E-state index < -0.39 is 12.8 Å². The highest BCUT2D eigenvalue weighted by Crippen LogP contribution is 2.14. The van der Waals surface area contributed by atoms with E-state index in [0.717, 1.165) is 12.0 Å². The zero-order valence-electron chi connectivity index (χ0n) is 9.91. The number of rotatable bonds is 7. The molecule has 1 aromatic rings. The van der Waals surface area contributed by atoms with Crippen molar-refractivity contribution in [1.29, 1.82) is 0 Å². The van der Waals surface area contributed by atoms with Crippen molar-refractivity contribution in [3.63, 3.8) is 0 Å². The molecule has 0 bridgehead atoms. The maximum Gasteiger partial charge on any atom is 0.411 e. The molecule has 6 heteroatoms. The third-order valence-electron chi connectivity index (χ3n) is 2.44. The molecule has 0 saturated heterocycles. The fraction of sp³-hybridized carbons (Fsp3) is 0.500. The lowest BCUT2D eigenvalue weighted by atomic mass is 10.1. The zero-order chi connectivity index (χ0) is 13.4. The molecule has 0 amide bonds. The van der Waals surface area contributed by atoms with Gasteiger partial charge in [0.25, 0.3) is 0 Å². The molecule has 3 nitrogen and oxygen atoms in total. The second kappa shape index (κ2) is 7.35. The van der Waals surface area contributed by atoms with Crippen LogP contribution >= 0.6 is 0 Å². The number of benzene rings is 1. The van der Waals surface area contributed by atoms with Gasteiger partial charge in [0.15, 0.2) is 0 Å². The standard InChI is InChI=1S/C12H17F3N2O/c13-12(14,15)9-18-8-11(17-16)7-6-10-4-2-1-3-5-10/h1-5,11,17H,6-9,16H2. The summed E-state index contributed by atoms with van der Waals surface area (Å²) in [6.45, 7) is -1.29. The van der Waals surface area contributed by atoms with Gasteiger partial charge in [0.1, 0.15) is 6.61 Å². The number of alkyl halides is 3. The normalized spacial score (nSPS) is 13.6. The third-order valence-corrected chi connectivity index (χ3v) is 2.44. The van der Waals surface area contributed by atoms with Gasteiger partial charge < -0.3 is 4.74 Å². The predicted molar refractivity (Wildman–Crippen MR) is 62.7 cm³/mol. The fourth-order valence-corrected chi connectivity index (χ4v) is 1.52. The van der Waals surface area contributed by atoms with Crippen LogP contribution in [0, 0.1) is 0 Å². The van der Waals surface area contributed by atoms with E-state index in [9.17, 15) is 13.2 Å². The summed E-state index contributed by atoms with van der Waals surface area (Å²) < 4.78 is 40.2. The average Bonchev–Trinajstić information content (AvgIpc) is 2.33. The van der Waals surface area contributed by atoms with Gasteiger partial charge in [-0.1, -0.05) is 30.3 Å². The average molecular weight is 262 g/mol. The van der Waals surface area contributed by atoms with E-state index in [1.165, 1.54) is 0 Å². The van der Waals surface area contributed by atoms with Gasteiger partial charge in [-0.05, 0) is 18.4 Å². The van der Waals surface area contributed by atoms with Crippen LogP contribution in [-0.4, -0.2) is 25.4 Å². The Morgan fingerprint density at radius 2 is 1.89 bits per heavy atom. The lowest BCUT2D eigenvalue weighted by Crippen LogP contribution is -2.39. The summed E-state index contributed by atoms with van der Waals surface area (Å²) in [5.41, 5.74) is 3.59. The molecule has 0 heterocycles. The van der Waals surface area contributed by atoms with Gasteiger partial charge >= 0.3 is 6.18 Å². The minimum atomic E-state index is -4.29. The van der Waals surface area contributed by atoms with Gasteiger partial charge in [0.2, 0.25) is 0 Å². The van der Waals surface area contributed by atoms with Crippen LogP contribution in [0.4, 0.5) is 13.2 Å². The van der Waals surface area contributed by atoms with Crippen molar-refractivity contribution in [2.45, 2.75) is 25.1 Å². The number of nitrogens with two attached hydrogens (primary N) is 1. The minimum Gasteiger partial charge on any atom is -0.370 e. The van der Waals surface area contributed by atoms with Crippen LogP contribution in [0.3, 0.4) is 0 Å². The van der Waals surface area contributed by atoms with Gasteiger partial charge in [-0.2, -0.15) is 13.2 Å². The van der Waals surface area contributed by atoms with E-state index in [1.54, 1.807) is 0 Å². The monoisotopic (exact) mass is 262 g/mol. The van der Waals surface area contributed by atoms with Crippen LogP contribution in [0.15, 0.2) is 30.3 Å². The molecule has 18 heavy (non-hydrogen) atoms. The van der Waals surface area contributed by atoms with Crippen LogP contribution in [0.1, 0.15) is 12.0 Å². The first-order valence-corrected chi connectivity index (χ1v) is 5.66. The van der Waals surface area contributed by atoms with Crippen molar-refractivity contribution in [3.05, 3.63) is 35.9 Å². The second-order valence-corrected chi connectivity index (χ2v) is 4.02. The maximum atomic E-state index is 11.9. The number of hydrazine groups is 1. The molecule has 0 aliphatic carbocycles. The summed E-state index contributed by atoms with van der Waals surface area (Å²) in [5, 5.41) is 0. The smallest absolute Gasteiger partial charge is 0.370 e. The summed E-state index contributed by atoms with van der Waals surface area (Å²) in [5.74, 6) is 5.28. The molecule has 0 spiro atoms. The summed E-state index contributed by atoms with van der Waals surface area (Å²) in [4.78, 5) is 0. The first-order valence-electron chi connectivity index (χ1n) is 5.66. The van der Waals surface area contributed by atoms with Crippen molar-refractivity contribution in [2.24, 2.45) is 5.84 Å². The van der Waals surface area contributed by atoms with Crippen molar-refractivity contribution in [3.8, 4) is 0 Å². The summed E-state index contributed by atoms with van der Waals surface area (Å²) >= 11 is 0. The van der Waals surface area contributed by atoms with Crippen LogP contribution < -0.4 is 11.3 Å². The van der Waals surface area contributed by atoms with Crippen LogP contribution in [0.5, 0.6) is 0 Å². The Labute approximate surface area is 104 Å². The number of halogens is 3. The first-order chi connectivity index (χ1) is 8.51. The Hall–Kier alpha value is -1.11. The maximum absolute atomic E-state index is 11.9. The van der Waals surface area contributed by atoms with E-state index in [-0.39, 0.29) is 12.6 Å². The van der Waals surface area contributed by atoms with Crippen molar-refractivity contribution in [2.75, 3.05) is 13.2 Å². The number of hydrogen-bond donors (Lipinski definition) is 2. The van der Waals surface area contributed by atoms with Crippen molar-refractivity contribution >= 4 is 0 Å². The highest BCUT2D eigenvalue weighted by molar-refractivity contribution is 5.14. The van der Waals surface area contributed by atoms with E-state index in [4.69, 9.17) is 5.84 Å². The van der Waals surface area contributed by atoms with Gasteiger partial charge in [0, 0.05) is 6.04 Å². The van der Waals surface area contributed by atoms with E-state index >= 15 is 0 Å². The molecule has 0 aliphatic heterocycles. The van der Waals surface area contributed by atoms with E-state index in [2.05, 4.69) is 10.2 Å². The zero-order valence-corrected chi connectivity index (χ0v) is 9.91. The highest BCUT2D eigenvalue weighted by Gasteiger charge is 2.27. The second-order valence-electron chi connectivity index (χ2n) is 4.02. The van der Waals surface area contributed by atoms with Crippen LogP contribution in [0.2, 0.25) is 0 Å². The topological polar surface area (TPSA) is 47.3 Å². The van der Waals surface area contributed by atoms with Gasteiger partial charge in [0.05, 0.1) is 6.61 Å². The third kappa shape index (κ3) is 6.58. The van der Waals surface area contributed by atoms with Gasteiger partial charge in [-0.3, -0.25) is 11.3 Å². The van der Waals surface area contributed by atoms with Gasteiger partial charge in [-0.15, -0.1) is 0 Å². The van der Waals surface area contributed by atoms with E-state index in [0.29, 0.717) is 6.42 Å². The van der Waals surface area contributed by atoms with Gasteiger partial charge in [-0.25, -0.2) is 0 Å². The molecule has 0 aliphatic rings. The van der Waals surface area contributed by atoms with E-state index in [1.807, 2.05) is 30.3 Å². The largest absolute Gasteiger partial charge is 0.411 e. The molecule has 3 N–H and O–H groups in total. The molecule has 0 saturated carbocycles. The fourth-order valence-electron chi connectivity index (χ4n) is 1.52. The molecule has 0 radical (unpaired) electrons. The van der Waals surface area contributed by atoms with Crippen LogP contribution in [-0.2, 0) is 11.2 Å². The predicted octanol–water partition coefficient (Wildman–Crippen LogP) is 2.03. The summed E-state index contributed by atoms with van der Waals surface area (Å²) in [6, 6.07) is 9.39. The molecule has 0 aromatic heterocycles. The summed E-state index contributed by atoms with van der Waals surface area (Å²) in [7, 11) is 0. The van der Waals surface area contributed by atoms with Crippen molar-refractivity contribution < 1.29 is 17.9 Å².